The van der Waals surface area contributed by atoms with Crippen molar-refractivity contribution in [3.63, 3.8) is 0 Å². The minimum Gasteiger partial charge on any atom is -0.458 e. The second kappa shape index (κ2) is 19.7. The molecule has 10 heteroatoms. The van der Waals surface area contributed by atoms with Crippen molar-refractivity contribution in [2.75, 3.05) is 11.5 Å². The predicted octanol–water partition coefficient (Wildman–Crippen LogP) is 8.21. The van der Waals surface area contributed by atoms with Crippen LogP contribution in [0.4, 0.5) is 0 Å². The average Bonchev–Trinajstić information content (AvgIpc) is 3.83. The molecule has 0 spiro atoms. The van der Waals surface area contributed by atoms with Gasteiger partial charge in [0.25, 0.3) is 0 Å². The number of rotatable bonds is 12. The van der Waals surface area contributed by atoms with Gasteiger partial charge in [-0.2, -0.15) is 23.5 Å². The molecule has 50 heavy (non-hydrogen) atoms. The lowest BCUT2D eigenvalue weighted by molar-refractivity contribution is -0.146. The molecule has 8 nitrogen and oxygen atoms in total. The third kappa shape index (κ3) is 13.0. The Bertz CT molecular complexity index is 1400. The molecule has 0 saturated carbocycles. The van der Waals surface area contributed by atoms with Gasteiger partial charge in [-0.25, -0.2) is 9.59 Å². The largest absolute Gasteiger partial charge is 0.458 e. The van der Waals surface area contributed by atoms with Gasteiger partial charge in [-0.1, -0.05) is 79.4 Å². The molecule has 4 saturated heterocycles. The molecule has 0 bridgehead atoms. The highest BCUT2D eigenvalue weighted by Crippen LogP contribution is 2.43. The van der Waals surface area contributed by atoms with E-state index >= 15 is 0 Å². The quantitative estimate of drug-likeness (QED) is 0.121. The first-order valence-electron chi connectivity index (χ1n) is 17.2. The molecule has 4 aliphatic heterocycles. The lowest BCUT2D eigenvalue weighted by Crippen LogP contribution is -2.27. The molecule has 2 unspecified atom stereocenters. The smallest absolute Gasteiger partial charge is 0.330 e. The Hall–Kier alpha value is -2.86. The minimum atomic E-state index is -0.467. The zero-order valence-corrected chi connectivity index (χ0v) is 31.3. The molecule has 0 amide bonds. The van der Waals surface area contributed by atoms with Crippen LogP contribution in [0.2, 0.25) is 0 Å². The van der Waals surface area contributed by atoms with Gasteiger partial charge in [0, 0.05) is 34.2 Å². The highest BCUT2D eigenvalue weighted by Gasteiger charge is 2.50. The molecule has 0 N–H and O–H groups in total. The topological polar surface area (TPSA) is 89.5 Å². The second-order valence-corrected chi connectivity index (χ2v) is 15.8. The van der Waals surface area contributed by atoms with Crippen LogP contribution in [0.3, 0.4) is 0 Å². The summed E-state index contributed by atoms with van der Waals surface area (Å²) in [5.74, 6) is 0.544. The van der Waals surface area contributed by atoms with Crippen molar-refractivity contribution in [1.82, 2.24) is 0 Å². The highest BCUT2D eigenvalue weighted by molar-refractivity contribution is 8.00. The zero-order chi connectivity index (χ0) is 36.0. The van der Waals surface area contributed by atoms with E-state index in [1.165, 1.54) is 6.08 Å². The Morgan fingerprint density at radius 2 is 1.18 bits per heavy atom. The Kier molecular flexibility index (Phi) is 15.7. The molecular formula is C40H52O8S2. The van der Waals surface area contributed by atoms with Gasteiger partial charge < -0.3 is 28.4 Å². The third-order valence-corrected chi connectivity index (χ3v) is 11.2. The van der Waals surface area contributed by atoms with Crippen LogP contribution < -0.4 is 0 Å². The number of allylic oxidation sites excluding steroid dienone is 2. The number of hydrogen-bond acceptors (Lipinski definition) is 10. The molecular weight excluding hydrogens is 673 g/mol. The fraction of sp³-hybridized carbons (Fsp3) is 0.500. The summed E-state index contributed by atoms with van der Waals surface area (Å²) in [4.78, 5) is 22.4. The molecule has 2 aromatic carbocycles. The Morgan fingerprint density at radius 3 is 1.64 bits per heavy atom. The average molecular weight is 725 g/mol. The van der Waals surface area contributed by atoms with E-state index in [9.17, 15) is 9.59 Å². The van der Waals surface area contributed by atoms with Crippen molar-refractivity contribution in [2.45, 2.75) is 113 Å². The van der Waals surface area contributed by atoms with Crippen molar-refractivity contribution >= 4 is 35.5 Å². The molecule has 0 aromatic heterocycles. The van der Waals surface area contributed by atoms with E-state index in [1.54, 1.807) is 0 Å². The molecule has 272 valence electrons. The van der Waals surface area contributed by atoms with Crippen molar-refractivity contribution in [3.8, 4) is 0 Å². The molecule has 0 radical (unpaired) electrons. The van der Waals surface area contributed by atoms with Gasteiger partial charge in [0.05, 0.1) is 24.4 Å². The van der Waals surface area contributed by atoms with Gasteiger partial charge >= 0.3 is 11.9 Å². The molecule has 4 fully saturated rings. The summed E-state index contributed by atoms with van der Waals surface area (Å²) in [6.07, 6.45) is 11.6. The van der Waals surface area contributed by atoms with Crippen molar-refractivity contribution < 1.29 is 38.0 Å². The van der Waals surface area contributed by atoms with E-state index in [0.717, 1.165) is 54.4 Å². The Balaban J connectivity index is 0.000000184. The van der Waals surface area contributed by atoms with Gasteiger partial charge in [-0.3, -0.25) is 0 Å². The van der Waals surface area contributed by atoms with Crippen molar-refractivity contribution in [1.29, 1.82) is 0 Å². The van der Waals surface area contributed by atoms with Crippen LogP contribution >= 0.6 is 23.5 Å². The SMILES string of the molecule is C=CC(=O)OCc1ccccc1.C=CCC[C@@H]1SCC2OC(C)(C)O[C@@H]21.CC1(C)OC2CS[C@@H](CC/C=C/C(=O)OCc3ccccc3)[C@H]2O1. The van der Waals surface area contributed by atoms with Gasteiger partial charge in [0.2, 0.25) is 0 Å². The maximum Gasteiger partial charge on any atom is 0.330 e. The van der Waals surface area contributed by atoms with Crippen LogP contribution in [-0.2, 0) is 51.2 Å². The highest BCUT2D eigenvalue weighted by atomic mass is 32.2. The van der Waals surface area contributed by atoms with E-state index in [4.69, 9.17) is 28.4 Å². The third-order valence-electron chi connectivity index (χ3n) is 8.27. The molecule has 6 atom stereocenters. The fourth-order valence-corrected chi connectivity index (χ4v) is 8.86. The zero-order valence-electron chi connectivity index (χ0n) is 29.7. The first-order valence-corrected chi connectivity index (χ1v) is 19.3. The van der Waals surface area contributed by atoms with Gasteiger partial charge in [0.1, 0.15) is 13.2 Å². The number of benzene rings is 2. The Labute approximate surface area is 306 Å². The minimum absolute atomic E-state index is 0.170. The maximum atomic E-state index is 11.7. The van der Waals surface area contributed by atoms with Crippen LogP contribution in [0, 0.1) is 0 Å². The van der Waals surface area contributed by atoms with E-state index in [0.29, 0.717) is 35.9 Å². The first-order chi connectivity index (χ1) is 24.0. The fourth-order valence-electron chi connectivity index (χ4n) is 6.02. The second-order valence-electron chi connectivity index (χ2n) is 13.3. The number of fused-ring (bicyclic) bond motifs is 2. The standard InChI is InChI=1S/C19H24O4S.C11H18O2S.C10H10O2/c1-19(2)22-15-13-24-16(18(15)23-19)10-6-7-11-17(20)21-12-14-8-4-3-5-9-14;1-4-5-6-9-10-8(7-14-9)12-11(2,3)13-10;1-2-10(11)12-8-9-6-4-3-5-7-9/h3-5,7-9,11,15-16,18H,6,10,12-13H2,1-2H3;4,8-10H,1,5-7H2,2-3H3;2-7H,1,8H2/b11-7+;;/t15?,16-,18-;8?,9-,10-;/m00./s1. The summed E-state index contributed by atoms with van der Waals surface area (Å²) >= 11 is 3.88. The number of carbonyl (C=O) groups is 2. The summed E-state index contributed by atoms with van der Waals surface area (Å²) in [5, 5.41) is 1.03. The van der Waals surface area contributed by atoms with Gasteiger partial charge in [-0.15, -0.1) is 6.58 Å². The van der Waals surface area contributed by atoms with Crippen LogP contribution in [0.15, 0.2) is 98.1 Å². The lowest BCUT2D eigenvalue weighted by atomic mass is 10.1. The van der Waals surface area contributed by atoms with Crippen molar-refractivity contribution in [2.24, 2.45) is 0 Å². The first kappa shape index (κ1) is 39.9. The summed E-state index contributed by atoms with van der Waals surface area (Å²) < 4.78 is 33.6. The Morgan fingerprint density at radius 1 is 0.720 bits per heavy atom. The number of carbonyl (C=O) groups excluding carboxylic acids is 2. The van der Waals surface area contributed by atoms with Crippen LogP contribution in [0.25, 0.3) is 0 Å². The summed E-state index contributed by atoms with van der Waals surface area (Å²) in [6.45, 7) is 15.6. The molecule has 0 aliphatic carbocycles. The van der Waals surface area contributed by atoms with E-state index < -0.39 is 5.79 Å². The van der Waals surface area contributed by atoms with Crippen molar-refractivity contribution in [3.05, 3.63) is 109 Å². The summed E-state index contributed by atoms with van der Waals surface area (Å²) in [5.41, 5.74) is 1.97. The van der Waals surface area contributed by atoms with Gasteiger partial charge in [-0.05, 0) is 64.5 Å². The van der Waals surface area contributed by atoms with E-state index in [-0.39, 0.29) is 29.9 Å². The number of esters is 2. The molecule has 2 aromatic rings. The summed E-state index contributed by atoms with van der Waals surface area (Å²) in [6, 6.07) is 19.2. The van der Waals surface area contributed by atoms with E-state index in [2.05, 4.69) is 13.2 Å². The number of ether oxygens (including phenoxy) is 6. The lowest BCUT2D eigenvalue weighted by Gasteiger charge is -2.21. The van der Waals surface area contributed by atoms with Crippen LogP contribution in [0.1, 0.15) is 64.5 Å². The van der Waals surface area contributed by atoms with Crippen LogP contribution in [-0.4, -0.2) is 69.9 Å². The van der Waals surface area contributed by atoms with Crippen LogP contribution in [0.5, 0.6) is 0 Å². The predicted molar refractivity (Wildman–Crippen MR) is 201 cm³/mol. The van der Waals surface area contributed by atoms with E-state index in [1.807, 2.05) is 124 Å². The molecule has 4 aliphatic rings. The summed E-state index contributed by atoms with van der Waals surface area (Å²) in [7, 11) is 0. The maximum absolute atomic E-state index is 11.7. The molecule has 6 rings (SSSR count). The monoisotopic (exact) mass is 724 g/mol. The van der Waals surface area contributed by atoms with Gasteiger partial charge in [0.15, 0.2) is 11.6 Å². The normalized spacial score (nSPS) is 26.8. The number of thioether (sulfide) groups is 2. The molecule has 4 heterocycles. The number of hydrogen-bond donors (Lipinski definition) is 0.